The van der Waals surface area contributed by atoms with E-state index >= 15 is 0 Å². The zero-order valence-corrected chi connectivity index (χ0v) is 13.3. The van der Waals surface area contributed by atoms with Crippen molar-refractivity contribution in [1.29, 1.82) is 0 Å². The van der Waals surface area contributed by atoms with E-state index in [4.69, 9.17) is 0 Å². The van der Waals surface area contributed by atoms with Gasteiger partial charge in [-0.3, -0.25) is 0 Å². The number of hydrogen-bond donors (Lipinski definition) is 0. The van der Waals surface area contributed by atoms with Gasteiger partial charge in [-0.2, -0.15) is 0 Å². The van der Waals surface area contributed by atoms with Crippen LogP contribution in [0.1, 0.15) is 25.0 Å². The normalized spacial score (nSPS) is 13.7. The third kappa shape index (κ3) is 3.01. The van der Waals surface area contributed by atoms with Gasteiger partial charge in [-0.15, -0.1) is 0 Å². The summed E-state index contributed by atoms with van der Waals surface area (Å²) in [5.74, 6) is 0. The fourth-order valence-corrected chi connectivity index (χ4v) is 2.74. The number of allylic oxidation sites excluding steroid dienone is 3. The topological polar surface area (TPSA) is 0 Å². The summed E-state index contributed by atoms with van der Waals surface area (Å²) in [6, 6.07) is 16.7. The minimum absolute atomic E-state index is 1.13. The van der Waals surface area contributed by atoms with Crippen LogP contribution < -0.4 is 10.4 Å². The maximum absolute atomic E-state index is 4.05. The zero-order chi connectivity index (χ0) is 15.9. The summed E-state index contributed by atoms with van der Waals surface area (Å²) in [6.07, 6.45) is 8.12. The number of hydrogen-bond acceptors (Lipinski definition) is 0. The highest BCUT2D eigenvalue weighted by atomic mass is 14.1. The summed E-state index contributed by atoms with van der Waals surface area (Å²) < 4.78 is 0. The Balaban J connectivity index is 2.85. The molecule has 0 fully saturated rings. The Morgan fingerprint density at radius 3 is 2.23 bits per heavy atom. The molecule has 0 spiro atoms. The minimum atomic E-state index is 1.13. The van der Waals surface area contributed by atoms with Crippen molar-refractivity contribution >= 4 is 23.3 Å². The van der Waals surface area contributed by atoms with E-state index in [1.54, 1.807) is 0 Å². The molecule has 2 rings (SSSR count). The highest BCUT2D eigenvalue weighted by molar-refractivity contribution is 6.03. The maximum Gasteiger partial charge on any atom is -0.0108 e. The summed E-state index contributed by atoms with van der Waals surface area (Å²) in [5.41, 5.74) is 4.64. The standard InChI is InChI=1S/C22H22/c1-5-17-13-9-11-15-21(17)19(7-3)20(8-4)22-16-12-10-14-18(22)6-2/h5-16H,1,4H2,2-3H3/b18-6-,19-7-,22-20+. The van der Waals surface area contributed by atoms with Gasteiger partial charge in [0.25, 0.3) is 0 Å². The SMILES string of the molecule is C=CC(/C(=C/C)c1ccccc1C=C)=c1/cccc/c1=C/C. The van der Waals surface area contributed by atoms with Crippen LogP contribution in [0.15, 0.2) is 73.8 Å². The molecule has 0 saturated carbocycles. The first-order valence-electron chi connectivity index (χ1n) is 7.53. The monoisotopic (exact) mass is 286 g/mol. The molecule has 0 saturated heterocycles. The molecule has 0 aliphatic carbocycles. The Morgan fingerprint density at radius 2 is 1.59 bits per heavy atom. The van der Waals surface area contributed by atoms with Gasteiger partial charge in [0, 0.05) is 0 Å². The third-order valence-electron chi connectivity index (χ3n) is 3.82. The molecule has 2 aromatic rings. The Hall–Kier alpha value is -2.60. The van der Waals surface area contributed by atoms with Gasteiger partial charge in [0.15, 0.2) is 0 Å². The Labute approximate surface area is 133 Å². The molecule has 0 aliphatic rings. The number of benzene rings is 2. The van der Waals surface area contributed by atoms with E-state index in [0.29, 0.717) is 0 Å². The first-order chi connectivity index (χ1) is 10.8. The van der Waals surface area contributed by atoms with Crippen molar-refractivity contribution in [3.63, 3.8) is 0 Å². The molecule has 0 unspecified atom stereocenters. The first kappa shape index (κ1) is 15.8. The van der Waals surface area contributed by atoms with Crippen molar-refractivity contribution < 1.29 is 0 Å². The lowest BCUT2D eigenvalue weighted by Gasteiger charge is -2.12. The quantitative estimate of drug-likeness (QED) is 0.772. The van der Waals surface area contributed by atoms with Gasteiger partial charge in [0.05, 0.1) is 0 Å². The molecule has 0 aliphatic heterocycles. The molecule has 0 radical (unpaired) electrons. The Bertz CT molecular complexity index is 832. The van der Waals surface area contributed by atoms with Gasteiger partial charge in [-0.25, -0.2) is 0 Å². The van der Waals surface area contributed by atoms with Crippen LogP contribution in [-0.2, 0) is 0 Å². The lowest BCUT2D eigenvalue weighted by molar-refractivity contribution is 1.48. The van der Waals surface area contributed by atoms with Crippen molar-refractivity contribution in [1.82, 2.24) is 0 Å². The van der Waals surface area contributed by atoms with Crippen LogP contribution in [0, 0.1) is 0 Å². The van der Waals surface area contributed by atoms with Crippen molar-refractivity contribution in [3.8, 4) is 0 Å². The average molecular weight is 286 g/mol. The van der Waals surface area contributed by atoms with E-state index in [0.717, 1.165) is 11.1 Å². The molecule has 0 heterocycles. The molecule has 0 atom stereocenters. The van der Waals surface area contributed by atoms with Crippen LogP contribution in [0.3, 0.4) is 0 Å². The molecule has 0 nitrogen and oxygen atoms in total. The van der Waals surface area contributed by atoms with Crippen LogP contribution >= 0.6 is 0 Å². The largest absolute Gasteiger partial charge is 0.0984 e. The van der Waals surface area contributed by atoms with Crippen molar-refractivity contribution in [3.05, 3.63) is 95.4 Å². The third-order valence-corrected chi connectivity index (χ3v) is 3.82. The second-order valence-electron chi connectivity index (χ2n) is 4.99. The van der Waals surface area contributed by atoms with Crippen LogP contribution in [0.5, 0.6) is 0 Å². The summed E-state index contributed by atoms with van der Waals surface area (Å²) in [6.45, 7) is 12.1. The maximum atomic E-state index is 4.05. The molecule has 0 bridgehead atoms. The van der Waals surface area contributed by atoms with Gasteiger partial charge >= 0.3 is 0 Å². The van der Waals surface area contributed by atoms with E-state index in [2.05, 4.69) is 81.6 Å². The lowest BCUT2D eigenvalue weighted by Crippen LogP contribution is -2.26. The highest BCUT2D eigenvalue weighted by Gasteiger charge is 2.08. The van der Waals surface area contributed by atoms with Gasteiger partial charge in [-0.1, -0.05) is 86.0 Å². The molecule has 22 heavy (non-hydrogen) atoms. The van der Waals surface area contributed by atoms with Gasteiger partial charge in [0.2, 0.25) is 0 Å². The van der Waals surface area contributed by atoms with Crippen LogP contribution in [0.4, 0.5) is 0 Å². The summed E-state index contributed by atoms with van der Waals surface area (Å²) >= 11 is 0. The van der Waals surface area contributed by atoms with Crippen LogP contribution in [0.2, 0.25) is 0 Å². The van der Waals surface area contributed by atoms with E-state index in [1.165, 1.54) is 21.6 Å². The summed E-state index contributed by atoms with van der Waals surface area (Å²) in [4.78, 5) is 0. The van der Waals surface area contributed by atoms with Gasteiger partial charge in [-0.05, 0) is 46.6 Å². The zero-order valence-electron chi connectivity index (χ0n) is 13.3. The second-order valence-corrected chi connectivity index (χ2v) is 4.99. The molecule has 0 amide bonds. The predicted molar refractivity (Wildman–Crippen MR) is 99.6 cm³/mol. The van der Waals surface area contributed by atoms with Gasteiger partial charge in [0.1, 0.15) is 0 Å². The summed E-state index contributed by atoms with van der Waals surface area (Å²) in [7, 11) is 0. The molecular formula is C22H22. The fourth-order valence-electron chi connectivity index (χ4n) is 2.74. The van der Waals surface area contributed by atoms with Crippen LogP contribution in [0.25, 0.3) is 23.3 Å². The highest BCUT2D eigenvalue weighted by Crippen LogP contribution is 2.27. The van der Waals surface area contributed by atoms with Gasteiger partial charge < -0.3 is 0 Å². The van der Waals surface area contributed by atoms with Crippen molar-refractivity contribution in [2.45, 2.75) is 13.8 Å². The fraction of sp³-hybridized carbons (Fsp3) is 0.0909. The molecule has 0 N–H and O–H groups in total. The molecule has 2 aromatic carbocycles. The molecule has 110 valence electrons. The number of rotatable bonds is 4. The lowest BCUT2D eigenvalue weighted by atomic mass is 9.91. The summed E-state index contributed by atoms with van der Waals surface area (Å²) in [5, 5.41) is 2.42. The minimum Gasteiger partial charge on any atom is -0.0984 e. The van der Waals surface area contributed by atoms with E-state index < -0.39 is 0 Å². The molecule has 0 heteroatoms. The Kier molecular flexibility index (Phi) is 5.32. The van der Waals surface area contributed by atoms with Crippen molar-refractivity contribution in [2.24, 2.45) is 0 Å². The smallest absolute Gasteiger partial charge is 0.0108 e. The second kappa shape index (κ2) is 7.42. The average Bonchev–Trinajstić information content (AvgIpc) is 2.59. The Morgan fingerprint density at radius 1 is 0.909 bits per heavy atom. The molecular weight excluding hydrogens is 264 g/mol. The van der Waals surface area contributed by atoms with Crippen LogP contribution in [-0.4, -0.2) is 0 Å². The van der Waals surface area contributed by atoms with E-state index in [9.17, 15) is 0 Å². The first-order valence-corrected chi connectivity index (χ1v) is 7.53. The van der Waals surface area contributed by atoms with E-state index in [-0.39, 0.29) is 0 Å². The van der Waals surface area contributed by atoms with Crippen molar-refractivity contribution in [2.75, 3.05) is 0 Å². The van der Waals surface area contributed by atoms with E-state index in [1.807, 2.05) is 18.2 Å². The predicted octanol–water partition coefficient (Wildman–Crippen LogP) is 4.57. The molecule has 0 aromatic heterocycles.